The maximum absolute atomic E-state index is 13.1. The lowest BCUT2D eigenvalue weighted by Gasteiger charge is -2.21. The normalized spacial score (nSPS) is 20.8. The summed E-state index contributed by atoms with van der Waals surface area (Å²) in [5.74, 6) is 0.701. The van der Waals surface area contributed by atoms with Crippen molar-refractivity contribution in [3.8, 4) is 0 Å². The van der Waals surface area contributed by atoms with Gasteiger partial charge in [0.1, 0.15) is 0 Å². The van der Waals surface area contributed by atoms with Crippen LogP contribution in [0.4, 0.5) is 0 Å². The van der Waals surface area contributed by atoms with Gasteiger partial charge in [0.05, 0.1) is 11.7 Å². The van der Waals surface area contributed by atoms with Crippen LogP contribution in [0.15, 0.2) is 36.4 Å². The Hall–Kier alpha value is -2.43. The monoisotopic (exact) mass is 364 g/mol. The average molecular weight is 364 g/mol. The van der Waals surface area contributed by atoms with Crippen LogP contribution in [0, 0.1) is 12.8 Å². The van der Waals surface area contributed by atoms with Gasteiger partial charge in [-0.2, -0.15) is 0 Å². The van der Waals surface area contributed by atoms with E-state index in [9.17, 15) is 4.79 Å². The van der Waals surface area contributed by atoms with Crippen molar-refractivity contribution in [1.29, 1.82) is 0 Å². The molecule has 1 aliphatic heterocycles. The van der Waals surface area contributed by atoms with Crippen molar-refractivity contribution in [2.75, 3.05) is 6.54 Å². The number of benzene rings is 1. The fourth-order valence-corrected chi connectivity index (χ4v) is 4.34. The zero-order valence-electron chi connectivity index (χ0n) is 16.1. The van der Waals surface area contributed by atoms with E-state index < -0.39 is 0 Å². The van der Waals surface area contributed by atoms with Crippen LogP contribution in [0.2, 0.25) is 0 Å². The van der Waals surface area contributed by atoms with Gasteiger partial charge in [-0.05, 0) is 44.1 Å². The van der Waals surface area contributed by atoms with Crippen LogP contribution in [0.5, 0.6) is 0 Å². The third-order valence-corrected chi connectivity index (χ3v) is 5.96. The molecule has 0 bridgehead atoms. The van der Waals surface area contributed by atoms with Crippen molar-refractivity contribution in [2.45, 2.75) is 58.0 Å². The Labute approximate surface area is 161 Å². The second kappa shape index (κ2) is 8.07. The van der Waals surface area contributed by atoms with E-state index in [-0.39, 0.29) is 11.9 Å². The zero-order chi connectivity index (χ0) is 18.6. The van der Waals surface area contributed by atoms with Gasteiger partial charge in [0.2, 0.25) is 0 Å². The third kappa shape index (κ3) is 3.97. The molecule has 5 heteroatoms. The lowest BCUT2D eigenvalue weighted by molar-refractivity contribution is 0.0755. The molecule has 1 unspecified atom stereocenters. The Morgan fingerprint density at radius 2 is 1.93 bits per heavy atom. The molecule has 142 valence electrons. The number of aromatic nitrogens is 3. The Morgan fingerprint density at radius 3 is 2.70 bits per heavy atom. The first-order valence-electron chi connectivity index (χ1n) is 10.2. The maximum atomic E-state index is 13.1. The van der Waals surface area contributed by atoms with E-state index in [0.717, 1.165) is 37.2 Å². The summed E-state index contributed by atoms with van der Waals surface area (Å²) < 4.78 is 1.94. The molecule has 0 spiro atoms. The van der Waals surface area contributed by atoms with Crippen LogP contribution in [0.25, 0.3) is 6.08 Å². The van der Waals surface area contributed by atoms with Crippen LogP contribution in [0.1, 0.15) is 60.3 Å². The van der Waals surface area contributed by atoms with E-state index in [1.807, 2.05) is 34.7 Å². The minimum atomic E-state index is 0.0189. The fraction of sp³-hybridized carbons (Fsp3) is 0.500. The van der Waals surface area contributed by atoms with E-state index in [4.69, 9.17) is 0 Å². The Morgan fingerprint density at radius 1 is 1.15 bits per heavy atom. The summed E-state index contributed by atoms with van der Waals surface area (Å²) in [6.45, 7) is 3.66. The Kier molecular flexibility index (Phi) is 5.37. The first-order valence-corrected chi connectivity index (χ1v) is 10.2. The Bertz CT molecular complexity index is 805. The predicted octanol–water partition coefficient (Wildman–Crippen LogP) is 4.09. The van der Waals surface area contributed by atoms with Crippen LogP contribution in [0.3, 0.4) is 0 Å². The average Bonchev–Trinajstić information content (AvgIpc) is 3.43. The molecule has 1 aromatic carbocycles. The molecule has 1 saturated heterocycles. The maximum Gasteiger partial charge on any atom is 0.276 e. The largest absolute Gasteiger partial charge is 0.331 e. The minimum Gasteiger partial charge on any atom is -0.331 e. The van der Waals surface area contributed by atoms with Crippen LogP contribution in [-0.4, -0.2) is 38.4 Å². The summed E-state index contributed by atoms with van der Waals surface area (Å²) in [7, 11) is 0. The molecule has 2 aromatic rings. The number of amides is 1. The summed E-state index contributed by atoms with van der Waals surface area (Å²) in [5, 5.41) is 8.54. The highest BCUT2D eigenvalue weighted by atomic mass is 16.2. The first kappa shape index (κ1) is 18.0. The van der Waals surface area contributed by atoms with Gasteiger partial charge in [-0.15, -0.1) is 5.10 Å². The summed E-state index contributed by atoms with van der Waals surface area (Å²) in [5.41, 5.74) is 2.59. The topological polar surface area (TPSA) is 51.0 Å². The highest BCUT2D eigenvalue weighted by Gasteiger charge is 2.31. The zero-order valence-corrected chi connectivity index (χ0v) is 16.1. The molecule has 1 aromatic heterocycles. The minimum absolute atomic E-state index is 0.0189. The standard InChI is InChI=1S/C22H28N4O/c1-17-21(23-24-26(17)16-19-10-5-6-11-19)22(27)25-15-7-12-20(25)14-13-18-8-3-2-4-9-18/h2-4,8-9,13-14,19-20H,5-7,10-12,15-16H2,1H3/b14-13+. The second-order valence-corrected chi connectivity index (χ2v) is 7.83. The molecule has 4 rings (SSSR count). The molecule has 0 radical (unpaired) electrons. The summed E-state index contributed by atoms with van der Waals surface area (Å²) in [6, 6.07) is 10.4. The molecule has 2 fully saturated rings. The molecule has 1 saturated carbocycles. The van der Waals surface area contributed by atoms with Crippen molar-refractivity contribution in [3.63, 3.8) is 0 Å². The lowest BCUT2D eigenvalue weighted by Crippen LogP contribution is -2.35. The van der Waals surface area contributed by atoms with E-state index in [1.54, 1.807) is 0 Å². The SMILES string of the molecule is Cc1c(C(=O)N2CCCC2/C=C/c2ccccc2)nnn1CC1CCCC1. The molecule has 27 heavy (non-hydrogen) atoms. The first-order chi connectivity index (χ1) is 13.2. The summed E-state index contributed by atoms with van der Waals surface area (Å²) in [6.07, 6.45) is 11.5. The van der Waals surface area contributed by atoms with Gasteiger partial charge in [-0.1, -0.05) is 60.5 Å². The summed E-state index contributed by atoms with van der Waals surface area (Å²) in [4.78, 5) is 15.1. The van der Waals surface area contributed by atoms with Gasteiger partial charge in [-0.25, -0.2) is 4.68 Å². The van der Waals surface area contributed by atoms with Crippen LogP contribution in [-0.2, 0) is 6.54 Å². The van der Waals surface area contributed by atoms with Gasteiger partial charge in [-0.3, -0.25) is 4.79 Å². The van der Waals surface area contributed by atoms with E-state index in [2.05, 4.69) is 34.6 Å². The van der Waals surface area contributed by atoms with Gasteiger partial charge in [0.15, 0.2) is 5.69 Å². The van der Waals surface area contributed by atoms with Crippen molar-refractivity contribution < 1.29 is 4.79 Å². The molecule has 2 aliphatic rings. The predicted molar refractivity (Wildman–Crippen MR) is 106 cm³/mol. The van der Waals surface area contributed by atoms with Crippen molar-refractivity contribution >= 4 is 12.0 Å². The molecule has 1 aliphatic carbocycles. The Balaban J connectivity index is 1.46. The van der Waals surface area contributed by atoms with E-state index in [1.165, 1.54) is 25.7 Å². The number of likely N-dealkylation sites (tertiary alicyclic amines) is 1. The van der Waals surface area contributed by atoms with Crippen LogP contribution >= 0.6 is 0 Å². The van der Waals surface area contributed by atoms with Gasteiger partial charge in [0, 0.05) is 13.1 Å². The third-order valence-electron chi connectivity index (χ3n) is 5.96. The van der Waals surface area contributed by atoms with Gasteiger partial charge >= 0.3 is 0 Å². The molecule has 1 amide bonds. The smallest absolute Gasteiger partial charge is 0.276 e. The second-order valence-electron chi connectivity index (χ2n) is 7.83. The summed E-state index contributed by atoms with van der Waals surface area (Å²) >= 11 is 0. The van der Waals surface area contributed by atoms with Crippen LogP contribution < -0.4 is 0 Å². The highest BCUT2D eigenvalue weighted by Crippen LogP contribution is 2.27. The van der Waals surface area contributed by atoms with Crippen molar-refractivity contribution in [3.05, 3.63) is 53.4 Å². The lowest BCUT2D eigenvalue weighted by atomic mass is 10.1. The highest BCUT2D eigenvalue weighted by molar-refractivity contribution is 5.93. The molecule has 5 nitrogen and oxygen atoms in total. The molecular formula is C22H28N4O. The quantitative estimate of drug-likeness (QED) is 0.803. The number of rotatable bonds is 5. The fourth-order valence-electron chi connectivity index (χ4n) is 4.34. The van der Waals surface area contributed by atoms with E-state index in [0.29, 0.717) is 11.6 Å². The number of hydrogen-bond acceptors (Lipinski definition) is 3. The van der Waals surface area contributed by atoms with E-state index >= 15 is 0 Å². The van der Waals surface area contributed by atoms with Crippen molar-refractivity contribution in [2.24, 2.45) is 5.92 Å². The molecule has 0 N–H and O–H groups in total. The number of nitrogens with zero attached hydrogens (tertiary/aromatic N) is 4. The molecular weight excluding hydrogens is 336 g/mol. The molecule has 2 heterocycles. The van der Waals surface area contributed by atoms with Gasteiger partial charge in [0.25, 0.3) is 5.91 Å². The molecule has 1 atom stereocenters. The van der Waals surface area contributed by atoms with Gasteiger partial charge < -0.3 is 4.90 Å². The van der Waals surface area contributed by atoms with Crippen molar-refractivity contribution in [1.82, 2.24) is 19.9 Å². The number of hydrogen-bond donors (Lipinski definition) is 0. The number of carbonyl (C=O) groups is 1. The number of carbonyl (C=O) groups excluding carboxylic acids is 1.